The highest BCUT2D eigenvalue weighted by atomic mass is 28.3. The van der Waals surface area contributed by atoms with Crippen LogP contribution in [0.1, 0.15) is 24.0 Å². The molecule has 0 unspecified atom stereocenters. The first-order valence-electron chi connectivity index (χ1n) is 10.6. The summed E-state index contributed by atoms with van der Waals surface area (Å²) in [5.74, 6) is -0.582. The first-order chi connectivity index (χ1) is 14.8. The Morgan fingerprint density at radius 2 is 1.55 bits per heavy atom. The van der Waals surface area contributed by atoms with E-state index in [1.807, 2.05) is 24.3 Å². The molecule has 0 bridgehead atoms. The van der Waals surface area contributed by atoms with E-state index >= 15 is 0 Å². The Hall–Kier alpha value is -2.64. The summed E-state index contributed by atoms with van der Waals surface area (Å²) in [5, 5.41) is 2.53. The molecule has 0 heterocycles. The zero-order valence-electron chi connectivity index (χ0n) is 18.6. The predicted octanol–water partition coefficient (Wildman–Crippen LogP) is 4.77. The fraction of sp³-hybridized carbons (Fsp3) is 0.417. The van der Waals surface area contributed by atoms with Crippen molar-refractivity contribution < 1.29 is 23.8 Å². The maximum Gasteiger partial charge on any atom is 0.407 e. The lowest BCUT2D eigenvalue weighted by Gasteiger charge is -2.17. The molecule has 0 aliphatic heterocycles. The lowest BCUT2D eigenvalue weighted by molar-refractivity contribution is -0.157. The molecule has 3 rings (SSSR count). The van der Waals surface area contributed by atoms with Gasteiger partial charge in [0.15, 0.2) is 6.79 Å². The van der Waals surface area contributed by atoms with Gasteiger partial charge in [0.2, 0.25) is 0 Å². The van der Waals surface area contributed by atoms with E-state index in [4.69, 9.17) is 14.2 Å². The van der Waals surface area contributed by atoms with Crippen LogP contribution in [0.25, 0.3) is 11.1 Å². The van der Waals surface area contributed by atoms with Gasteiger partial charge in [-0.3, -0.25) is 0 Å². The van der Waals surface area contributed by atoms with E-state index in [-0.39, 0.29) is 19.3 Å². The molecule has 1 aliphatic carbocycles. The Morgan fingerprint density at radius 3 is 2.13 bits per heavy atom. The number of rotatable bonds is 9. The number of ether oxygens (including phenoxy) is 3. The van der Waals surface area contributed by atoms with Crippen molar-refractivity contribution >= 4 is 20.1 Å². The standard InChI is InChI=1S/C24H31NO5Si/c1-17(23(26)30-16-28-13-14-31(2,3)4)25-24(27)29-15-22-20-11-7-5-9-18(20)19-10-6-8-12-21(19)22/h5-12,17,22H,13-16H2,1-4H3,(H,25,27)/t17-/m0/s1. The highest BCUT2D eigenvalue weighted by molar-refractivity contribution is 6.76. The second-order valence-electron chi connectivity index (χ2n) is 8.99. The van der Waals surface area contributed by atoms with Crippen molar-refractivity contribution in [2.24, 2.45) is 0 Å². The van der Waals surface area contributed by atoms with Crippen molar-refractivity contribution in [3.05, 3.63) is 59.7 Å². The summed E-state index contributed by atoms with van der Waals surface area (Å²) in [5.41, 5.74) is 4.61. The highest BCUT2D eigenvalue weighted by Crippen LogP contribution is 2.44. The summed E-state index contributed by atoms with van der Waals surface area (Å²) in [6, 6.07) is 16.4. The van der Waals surface area contributed by atoms with E-state index in [0.717, 1.165) is 28.3 Å². The first-order valence-corrected chi connectivity index (χ1v) is 14.3. The molecule has 0 saturated carbocycles. The SMILES string of the molecule is C[C@H](NC(=O)OCC1c2ccccc2-c2ccccc21)C(=O)OCOCC[Si](C)(C)C. The number of benzene rings is 2. The van der Waals surface area contributed by atoms with Crippen LogP contribution >= 0.6 is 0 Å². The van der Waals surface area contributed by atoms with Crippen molar-refractivity contribution in [3.8, 4) is 11.1 Å². The van der Waals surface area contributed by atoms with Crippen LogP contribution in [0.3, 0.4) is 0 Å². The summed E-state index contributed by atoms with van der Waals surface area (Å²) in [6.45, 7) is 8.97. The summed E-state index contributed by atoms with van der Waals surface area (Å²) in [7, 11) is -1.18. The second-order valence-corrected chi connectivity index (χ2v) is 14.6. The van der Waals surface area contributed by atoms with Crippen molar-refractivity contribution in [2.45, 2.75) is 44.6 Å². The summed E-state index contributed by atoms with van der Waals surface area (Å²) in [6.07, 6.45) is -0.647. The van der Waals surface area contributed by atoms with E-state index < -0.39 is 26.2 Å². The van der Waals surface area contributed by atoms with Gasteiger partial charge >= 0.3 is 12.1 Å². The predicted molar refractivity (Wildman–Crippen MR) is 123 cm³/mol. The molecule has 1 amide bonds. The largest absolute Gasteiger partial charge is 0.449 e. The third-order valence-electron chi connectivity index (χ3n) is 5.31. The fourth-order valence-corrected chi connectivity index (χ4v) is 4.29. The van der Waals surface area contributed by atoms with Crippen molar-refractivity contribution in [2.75, 3.05) is 20.0 Å². The lowest BCUT2D eigenvalue weighted by Crippen LogP contribution is -2.40. The smallest absolute Gasteiger partial charge is 0.407 e. The van der Waals surface area contributed by atoms with E-state index in [1.54, 1.807) is 6.92 Å². The average Bonchev–Trinajstić information content (AvgIpc) is 3.05. The normalized spacial score (nSPS) is 13.8. The van der Waals surface area contributed by atoms with Gasteiger partial charge in [-0.1, -0.05) is 68.2 Å². The second kappa shape index (κ2) is 10.1. The highest BCUT2D eigenvalue weighted by Gasteiger charge is 2.29. The molecule has 2 aromatic rings. The van der Waals surface area contributed by atoms with Gasteiger partial charge in [-0.05, 0) is 35.2 Å². The molecule has 0 saturated heterocycles. The Morgan fingerprint density at radius 1 is 0.968 bits per heavy atom. The van der Waals surface area contributed by atoms with Gasteiger partial charge in [0, 0.05) is 20.6 Å². The molecule has 0 spiro atoms. The summed E-state index contributed by atoms with van der Waals surface area (Å²) < 4.78 is 15.9. The molecular weight excluding hydrogens is 410 g/mol. The molecule has 166 valence electrons. The Bertz CT molecular complexity index is 879. The van der Waals surface area contributed by atoms with Gasteiger partial charge in [-0.15, -0.1) is 0 Å². The lowest BCUT2D eigenvalue weighted by atomic mass is 9.98. The van der Waals surface area contributed by atoms with Gasteiger partial charge in [0.25, 0.3) is 0 Å². The molecule has 7 heteroatoms. The number of hydrogen-bond donors (Lipinski definition) is 1. The molecule has 1 aliphatic rings. The number of esters is 1. The Kier molecular flexibility index (Phi) is 7.51. The summed E-state index contributed by atoms with van der Waals surface area (Å²) in [4.78, 5) is 24.3. The molecule has 6 nitrogen and oxygen atoms in total. The van der Waals surface area contributed by atoms with E-state index in [1.165, 1.54) is 0 Å². The van der Waals surface area contributed by atoms with Crippen LogP contribution in [0.4, 0.5) is 4.79 Å². The zero-order chi connectivity index (χ0) is 22.4. The number of amides is 1. The number of nitrogens with one attached hydrogen (secondary N) is 1. The maximum atomic E-state index is 12.3. The molecule has 0 aromatic heterocycles. The number of carbonyl (C=O) groups excluding carboxylic acids is 2. The van der Waals surface area contributed by atoms with Gasteiger partial charge in [0.05, 0.1) is 0 Å². The van der Waals surface area contributed by atoms with Gasteiger partial charge < -0.3 is 19.5 Å². The minimum Gasteiger partial charge on any atom is -0.449 e. The van der Waals surface area contributed by atoms with Crippen molar-refractivity contribution in [1.29, 1.82) is 0 Å². The summed E-state index contributed by atoms with van der Waals surface area (Å²) >= 11 is 0. The number of fused-ring (bicyclic) bond motifs is 3. The quantitative estimate of drug-likeness (QED) is 0.263. The number of alkyl carbamates (subject to hydrolysis) is 1. The average molecular weight is 442 g/mol. The van der Waals surface area contributed by atoms with E-state index in [2.05, 4.69) is 49.2 Å². The van der Waals surface area contributed by atoms with E-state index in [9.17, 15) is 9.59 Å². The van der Waals surface area contributed by atoms with Crippen LogP contribution in [0.2, 0.25) is 25.7 Å². The van der Waals surface area contributed by atoms with Crippen molar-refractivity contribution in [1.82, 2.24) is 5.32 Å². The topological polar surface area (TPSA) is 73.9 Å². The molecule has 2 aromatic carbocycles. The van der Waals surface area contributed by atoms with Crippen LogP contribution in [0.5, 0.6) is 0 Å². The van der Waals surface area contributed by atoms with Crippen LogP contribution in [0, 0.1) is 0 Å². The maximum absolute atomic E-state index is 12.3. The fourth-order valence-electron chi connectivity index (χ4n) is 3.54. The van der Waals surface area contributed by atoms with Crippen LogP contribution in [-0.2, 0) is 19.0 Å². The molecule has 0 fully saturated rings. The third-order valence-corrected chi connectivity index (χ3v) is 7.02. The minimum absolute atomic E-state index is 0.0276. The Balaban J connectivity index is 1.45. The number of hydrogen-bond acceptors (Lipinski definition) is 5. The van der Waals surface area contributed by atoms with Crippen LogP contribution < -0.4 is 5.32 Å². The molecule has 0 radical (unpaired) electrons. The zero-order valence-corrected chi connectivity index (χ0v) is 19.6. The third kappa shape index (κ3) is 6.18. The molecular formula is C24H31NO5Si. The van der Waals surface area contributed by atoms with Gasteiger partial charge in [-0.2, -0.15) is 0 Å². The van der Waals surface area contributed by atoms with Crippen molar-refractivity contribution in [3.63, 3.8) is 0 Å². The van der Waals surface area contributed by atoms with Crippen LogP contribution in [-0.4, -0.2) is 46.2 Å². The molecule has 31 heavy (non-hydrogen) atoms. The first kappa shape index (κ1) is 23.0. The van der Waals surface area contributed by atoms with Crippen LogP contribution in [0.15, 0.2) is 48.5 Å². The van der Waals surface area contributed by atoms with Gasteiger partial charge in [-0.25, -0.2) is 9.59 Å². The van der Waals surface area contributed by atoms with E-state index in [0.29, 0.717) is 6.61 Å². The van der Waals surface area contributed by atoms with Gasteiger partial charge in [0.1, 0.15) is 12.6 Å². The molecule has 1 N–H and O–H groups in total. The monoisotopic (exact) mass is 441 g/mol. The minimum atomic E-state index is -1.18. The Labute approximate surface area is 184 Å². The number of carbonyl (C=O) groups is 2. The molecule has 1 atom stereocenters.